The molecule has 0 spiro atoms. The molecule has 10 heavy (non-hydrogen) atoms. The van der Waals surface area contributed by atoms with Crippen LogP contribution < -0.4 is 5.43 Å². The van der Waals surface area contributed by atoms with Crippen LogP contribution in [0.1, 0.15) is 27.2 Å². The van der Waals surface area contributed by atoms with Crippen molar-refractivity contribution in [2.45, 2.75) is 27.2 Å². The Morgan fingerprint density at radius 1 is 1.50 bits per heavy atom. The third-order valence-corrected chi connectivity index (χ3v) is 1.60. The third kappa shape index (κ3) is 1.38. The number of nitrogens with zero attached hydrogens (tertiary/aromatic N) is 1. The molecule has 2 heteroatoms. The van der Waals surface area contributed by atoms with Crippen molar-refractivity contribution in [2.24, 2.45) is 10.5 Å². The minimum atomic E-state index is 0.187. The van der Waals surface area contributed by atoms with Gasteiger partial charge in [-0.3, -0.25) is 5.43 Å². The molecule has 2 nitrogen and oxygen atoms in total. The van der Waals surface area contributed by atoms with E-state index in [9.17, 15) is 0 Å². The second-order valence-electron chi connectivity index (χ2n) is 3.70. The van der Waals surface area contributed by atoms with Crippen molar-refractivity contribution >= 4 is 5.71 Å². The Bertz CT molecular complexity index is 184. The predicted octanol–water partition coefficient (Wildman–Crippen LogP) is 1.90. The van der Waals surface area contributed by atoms with Crippen LogP contribution >= 0.6 is 0 Å². The summed E-state index contributed by atoms with van der Waals surface area (Å²) >= 11 is 0. The first-order valence-corrected chi connectivity index (χ1v) is 3.51. The molecular formula is C8H14N2. The molecule has 1 aliphatic heterocycles. The Balaban J connectivity index is 2.69. The number of hydrazone groups is 1. The molecule has 1 aliphatic rings. The van der Waals surface area contributed by atoms with Crippen LogP contribution in [0.3, 0.4) is 0 Å². The minimum absolute atomic E-state index is 0.187. The summed E-state index contributed by atoms with van der Waals surface area (Å²) in [6.45, 7) is 10.3. The molecule has 1 rings (SSSR count). The highest BCUT2D eigenvalue weighted by molar-refractivity contribution is 5.92. The maximum atomic E-state index is 4.16. The van der Waals surface area contributed by atoms with Gasteiger partial charge in [0, 0.05) is 23.2 Å². The summed E-state index contributed by atoms with van der Waals surface area (Å²) in [4.78, 5) is 0. The average molecular weight is 138 g/mol. The van der Waals surface area contributed by atoms with Gasteiger partial charge in [0.05, 0.1) is 0 Å². The first kappa shape index (κ1) is 7.32. The summed E-state index contributed by atoms with van der Waals surface area (Å²) in [5.74, 6) is 0. The maximum absolute atomic E-state index is 4.16. The normalized spacial score (nSPS) is 18.7. The van der Waals surface area contributed by atoms with Gasteiger partial charge in [-0.15, -0.1) is 0 Å². The monoisotopic (exact) mass is 138 g/mol. The number of hydrogen-bond acceptors (Lipinski definition) is 2. The van der Waals surface area contributed by atoms with Crippen molar-refractivity contribution in [1.29, 1.82) is 0 Å². The molecule has 56 valence electrons. The lowest BCUT2D eigenvalue weighted by Gasteiger charge is -2.16. The molecule has 0 aromatic heterocycles. The largest absolute Gasteiger partial charge is 0.283 e. The van der Waals surface area contributed by atoms with Gasteiger partial charge in [-0.25, -0.2) is 0 Å². The number of allylic oxidation sites excluding steroid dienone is 1. The van der Waals surface area contributed by atoms with Gasteiger partial charge in [0.2, 0.25) is 0 Å². The van der Waals surface area contributed by atoms with E-state index in [2.05, 4.69) is 37.9 Å². The Hall–Kier alpha value is -0.790. The van der Waals surface area contributed by atoms with E-state index < -0.39 is 0 Å². The van der Waals surface area contributed by atoms with E-state index in [1.165, 1.54) is 5.71 Å². The van der Waals surface area contributed by atoms with E-state index >= 15 is 0 Å². The van der Waals surface area contributed by atoms with Gasteiger partial charge < -0.3 is 0 Å². The number of hydrogen-bond donors (Lipinski definition) is 1. The highest BCUT2D eigenvalue weighted by Gasteiger charge is 2.22. The standard InChI is InChI=1S/C8H14N2/c1-6-5-7(10-9-6)8(2,3)4/h9H,1,5H2,2-4H3. The van der Waals surface area contributed by atoms with Crippen molar-refractivity contribution in [3.63, 3.8) is 0 Å². The summed E-state index contributed by atoms with van der Waals surface area (Å²) in [6, 6.07) is 0. The van der Waals surface area contributed by atoms with Crippen LogP contribution in [0.5, 0.6) is 0 Å². The van der Waals surface area contributed by atoms with Gasteiger partial charge in [0.1, 0.15) is 0 Å². The van der Waals surface area contributed by atoms with Gasteiger partial charge in [0.25, 0.3) is 0 Å². The lowest BCUT2D eigenvalue weighted by atomic mass is 9.88. The van der Waals surface area contributed by atoms with Gasteiger partial charge in [-0.1, -0.05) is 27.4 Å². The molecule has 0 aromatic rings. The first-order chi connectivity index (χ1) is 4.50. The molecule has 0 fully saturated rings. The van der Waals surface area contributed by atoms with Crippen molar-refractivity contribution in [3.05, 3.63) is 12.3 Å². The molecule has 0 aromatic carbocycles. The quantitative estimate of drug-likeness (QED) is 0.543. The fraction of sp³-hybridized carbons (Fsp3) is 0.625. The van der Waals surface area contributed by atoms with Gasteiger partial charge in [-0.2, -0.15) is 5.10 Å². The lowest BCUT2D eigenvalue weighted by molar-refractivity contribution is 0.584. The zero-order chi connectivity index (χ0) is 7.78. The van der Waals surface area contributed by atoms with Gasteiger partial charge in [-0.05, 0) is 0 Å². The lowest BCUT2D eigenvalue weighted by Crippen LogP contribution is -2.17. The predicted molar refractivity (Wildman–Crippen MR) is 43.8 cm³/mol. The average Bonchev–Trinajstić information content (AvgIpc) is 2.11. The van der Waals surface area contributed by atoms with E-state index in [0.29, 0.717) is 0 Å². The van der Waals surface area contributed by atoms with Crippen LogP contribution in [0.4, 0.5) is 0 Å². The number of rotatable bonds is 0. The molecule has 0 unspecified atom stereocenters. The smallest absolute Gasteiger partial charge is 0.0494 e. The maximum Gasteiger partial charge on any atom is 0.0494 e. The second kappa shape index (κ2) is 2.11. The fourth-order valence-electron chi connectivity index (χ4n) is 0.861. The Kier molecular flexibility index (Phi) is 1.55. The highest BCUT2D eigenvalue weighted by Crippen LogP contribution is 2.22. The van der Waals surface area contributed by atoms with E-state index in [0.717, 1.165) is 12.1 Å². The van der Waals surface area contributed by atoms with Gasteiger partial charge >= 0.3 is 0 Å². The Labute approximate surface area is 62.0 Å². The van der Waals surface area contributed by atoms with Crippen LogP contribution in [-0.2, 0) is 0 Å². The molecule has 0 saturated carbocycles. The van der Waals surface area contributed by atoms with E-state index in [1.807, 2.05) is 0 Å². The molecule has 1 heterocycles. The highest BCUT2D eigenvalue weighted by atomic mass is 15.3. The van der Waals surface area contributed by atoms with E-state index in [4.69, 9.17) is 0 Å². The van der Waals surface area contributed by atoms with Crippen LogP contribution in [0.15, 0.2) is 17.4 Å². The molecule has 1 N–H and O–H groups in total. The van der Waals surface area contributed by atoms with Crippen molar-refractivity contribution < 1.29 is 0 Å². The van der Waals surface area contributed by atoms with Crippen molar-refractivity contribution in [1.82, 2.24) is 5.43 Å². The fourth-order valence-corrected chi connectivity index (χ4v) is 0.861. The minimum Gasteiger partial charge on any atom is -0.283 e. The molecule has 0 amide bonds. The summed E-state index contributed by atoms with van der Waals surface area (Å²) in [7, 11) is 0. The second-order valence-corrected chi connectivity index (χ2v) is 3.70. The van der Waals surface area contributed by atoms with Crippen molar-refractivity contribution in [2.75, 3.05) is 0 Å². The van der Waals surface area contributed by atoms with Crippen LogP contribution in [-0.4, -0.2) is 5.71 Å². The molecular weight excluding hydrogens is 124 g/mol. The number of nitrogens with one attached hydrogen (secondary N) is 1. The molecule has 0 radical (unpaired) electrons. The molecule has 0 atom stereocenters. The summed E-state index contributed by atoms with van der Waals surface area (Å²) in [5.41, 5.74) is 5.25. The van der Waals surface area contributed by atoms with Gasteiger partial charge in [0.15, 0.2) is 0 Å². The zero-order valence-electron chi connectivity index (χ0n) is 6.86. The Morgan fingerprint density at radius 3 is 2.30 bits per heavy atom. The topological polar surface area (TPSA) is 24.4 Å². The zero-order valence-corrected chi connectivity index (χ0v) is 6.86. The van der Waals surface area contributed by atoms with Crippen LogP contribution in [0.2, 0.25) is 0 Å². The molecule has 0 saturated heterocycles. The molecule has 0 aliphatic carbocycles. The SMILES string of the molecule is C=C1CC(C(C)(C)C)=NN1. The van der Waals surface area contributed by atoms with Crippen LogP contribution in [0, 0.1) is 5.41 Å². The van der Waals surface area contributed by atoms with E-state index in [1.54, 1.807) is 0 Å². The molecule has 0 bridgehead atoms. The third-order valence-electron chi connectivity index (χ3n) is 1.60. The summed E-state index contributed by atoms with van der Waals surface area (Å²) < 4.78 is 0. The summed E-state index contributed by atoms with van der Waals surface area (Å²) in [5, 5.41) is 4.16. The van der Waals surface area contributed by atoms with Crippen molar-refractivity contribution in [3.8, 4) is 0 Å². The van der Waals surface area contributed by atoms with E-state index in [-0.39, 0.29) is 5.41 Å². The first-order valence-electron chi connectivity index (χ1n) is 3.51. The van der Waals surface area contributed by atoms with Crippen LogP contribution in [0.25, 0.3) is 0 Å². The Morgan fingerprint density at radius 2 is 2.10 bits per heavy atom. The summed E-state index contributed by atoms with van der Waals surface area (Å²) in [6.07, 6.45) is 0.906.